The number of nitrogens with zero attached hydrogens (tertiary/aromatic N) is 2. The van der Waals surface area contributed by atoms with Crippen molar-refractivity contribution in [3.63, 3.8) is 0 Å². The van der Waals surface area contributed by atoms with E-state index >= 15 is 0 Å². The Kier molecular flexibility index (Phi) is 4.92. The van der Waals surface area contributed by atoms with Crippen LogP contribution in [0, 0.1) is 0 Å². The molecule has 0 spiro atoms. The number of pyridine rings is 1. The highest BCUT2D eigenvalue weighted by molar-refractivity contribution is 5.93. The molecule has 6 nitrogen and oxygen atoms in total. The van der Waals surface area contributed by atoms with E-state index in [2.05, 4.69) is 10.3 Å². The van der Waals surface area contributed by atoms with Gasteiger partial charge in [0.05, 0.1) is 25.4 Å². The molecule has 0 aliphatic carbocycles. The van der Waals surface area contributed by atoms with Gasteiger partial charge in [-0.05, 0) is 26.0 Å². The van der Waals surface area contributed by atoms with Crippen molar-refractivity contribution in [3.05, 3.63) is 24.0 Å². The van der Waals surface area contributed by atoms with Crippen molar-refractivity contribution in [1.82, 2.24) is 9.88 Å². The summed E-state index contributed by atoms with van der Waals surface area (Å²) in [5, 5.41) is 12.3. The number of carbonyl (C=O) groups is 1. The molecule has 2 unspecified atom stereocenters. The molecule has 1 aliphatic rings. The first-order chi connectivity index (χ1) is 9.65. The number of hydrogen-bond acceptors (Lipinski definition) is 5. The number of aliphatic hydroxyl groups is 1. The van der Waals surface area contributed by atoms with Crippen LogP contribution in [-0.4, -0.2) is 59.3 Å². The van der Waals surface area contributed by atoms with Crippen molar-refractivity contribution >= 4 is 11.6 Å². The minimum absolute atomic E-state index is 0.0186. The zero-order valence-electron chi connectivity index (χ0n) is 11.9. The Morgan fingerprint density at radius 2 is 2.45 bits per heavy atom. The predicted octanol–water partition coefficient (Wildman–Crippen LogP) is 0.735. The Morgan fingerprint density at radius 1 is 1.65 bits per heavy atom. The van der Waals surface area contributed by atoms with Crippen LogP contribution in [0.25, 0.3) is 0 Å². The third-order valence-corrected chi connectivity index (χ3v) is 3.33. The Hall–Kier alpha value is -1.66. The van der Waals surface area contributed by atoms with Crippen molar-refractivity contribution in [2.24, 2.45) is 0 Å². The van der Waals surface area contributed by atoms with Gasteiger partial charge in [0.1, 0.15) is 5.69 Å². The van der Waals surface area contributed by atoms with E-state index in [1.165, 1.54) is 0 Å². The van der Waals surface area contributed by atoms with Crippen LogP contribution in [-0.2, 0) is 4.74 Å². The largest absolute Gasteiger partial charge is 0.394 e. The second-order valence-corrected chi connectivity index (χ2v) is 4.90. The summed E-state index contributed by atoms with van der Waals surface area (Å²) in [7, 11) is 0. The number of carbonyl (C=O) groups excluding carboxylic acids is 1. The minimum Gasteiger partial charge on any atom is -0.394 e. The average Bonchev–Trinajstić information content (AvgIpc) is 2.48. The number of aliphatic hydroxyl groups excluding tert-OH is 1. The number of morpholine rings is 1. The Morgan fingerprint density at radius 3 is 3.15 bits per heavy atom. The molecule has 1 saturated heterocycles. The van der Waals surface area contributed by atoms with Crippen LogP contribution >= 0.6 is 0 Å². The van der Waals surface area contributed by atoms with Gasteiger partial charge in [-0.25, -0.2) is 0 Å². The molecule has 1 aliphatic heterocycles. The smallest absolute Gasteiger partial charge is 0.272 e. The van der Waals surface area contributed by atoms with Gasteiger partial charge in [0.25, 0.3) is 5.91 Å². The molecule has 0 bridgehead atoms. The van der Waals surface area contributed by atoms with Gasteiger partial charge < -0.3 is 20.1 Å². The number of nitrogens with one attached hydrogen (secondary N) is 1. The van der Waals surface area contributed by atoms with Crippen molar-refractivity contribution in [3.8, 4) is 0 Å². The fourth-order valence-electron chi connectivity index (χ4n) is 2.22. The van der Waals surface area contributed by atoms with E-state index < -0.39 is 0 Å². The third kappa shape index (κ3) is 3.26. The van der Waals surface area contributed by atoms with Gasteiger partial charge in [0.15, 0.2) is 0 Å². The van der Waals surface area contributed by atoms with Crippen LogP contribution in [0.5, 0.6) is 0 Å². The first-order valence-corrected chi connectivity index (χ1v) is 6.89. The molecular formula is C14H21N3O3. The first kappa shape index (κ1) is 14.7. The normalized spacial score (nSPS) is 22.6. The summed E-state index contributed by atoms with van der Waals surface area (Å²) in [6, 6.07) is 3.57. The monoisotopic (exact) mass is 279 g/mol. The van der Waals surface area contributed by atoms with Crippen LogP contribution < -0.4 is 5.32 Å². The van der Waals surface area contributed by atoms with E-state index in [0.29, 0.717) is 18.8 Å². The molecule has 1 aromatic heterocycles. The van der Waals surface area contributed by atoms with E-state index in [4.69, 9.17) is 4.74 Å². The van der Waals surface area contributed by atoms with Gasteiger partial charge in [-0.3, -0.25) is 9.78 Å². The van der Waals surface area contributed by atoms with Gasteiger partial charge in [-0.1, -0.05) is 0 Å². The lowest BCUT2D eigenvalue weighted by Crippen LogP contribution is -2.52. The van der Waals surface area contributed by atoms with Crippen molar-refractivity contribution in [1.29, 1.82) is 0 Å². The molecule has 0 aromatic carbocycles. The summed E-state index contributed by atoms with van der Waals surface area (Å²) in [6.07, 6.45) is 1.31. The fourth-order valence-corrected chi connectivity index (χ4v) is 2.22. The fraction of sp³-hybridized carbons (Fsp3) is 0.571. The van der Waals surface area contributed by atoms with Gasteiger partial charge in [0.2, 0.25) is 0 Å². The third-order valence-electron chi connectivity index (χ3n) is 3.33. The molecule has 1 amide bonds. The number of rotatable bonds is 4. The Labute approximate surface area is 118 Å². The zero-order valence-corrected chi connectivity index (χ0v) is 11.9. The molecule has 2 heterocycles. The Balaban J connectivity index is 2.14. The summed E-state index contributed by atoms with van der Waals surface area (Å²) >= 11 is 0. The summed E-state index contributed by atoms with van der Waals surface area (Å²) < 4.78 is 5.44. The van der Waals surface area contributed by atoms with Crippen molar-refractivity contribution in [2.75, 3.05) is 31.6 Å². The lowest BCUT2D eigenvalue weighted by Gasteiger charge is -2.37. The average molecular weight is 279 g/mol. The number of ether oxygens (including phenoxy) is 1. The first-order valence-electron chi connectivity index (χ1n) is 6.89. The minimum atomic E-state index is -0.313. The molecule has 1 fully saturated rings. The van der Waals surface area contributed by atoms with E-state index in [1.807, 2.05) is 19.9 Å². The maximum absolute atomic E-state index is 12.5. The second-order valence-electron chi connectivity index (χ2n) is 4.90. The highest BCUT2D eigenvalue weighted by atomic mass is 16.5. The van der Waals surface area contributed by atoms with E-state index in [0.717, 1.165) is 12.2 Å². The van der Waals surface area contributed by atoms with Crippen LogP contribution in [0.15, 0.2) is 18.3 Å². The molecule has 1 aromatic rings. The van der Waals surface area contributed by atoms with E-state index in [-0.39, 0.29) is 24.7 Å². The molecule has 2 N–H and O–H groups in total. The molecule has 2 atom stereocenters. The molecule has 0 radical (unpaired) electrons. The molecule has 0 saturated carbocycles. The predicted molar refractivity (Wildman–Crippen MR) is 75.7 cm³/mol. The van der Waals surface area contributed by atoms with Gasteiger partial charge >= 0.3 is 0 Å². The molecule has 2 rings (SSSR count). The summed E-state index contributed by atoms with van der Waals surface area (Å²) in [4.78, 5) is 18.4. The molecule has 20 heavy (non-hydrogen) atoms. The maximum Gasteiger partial charge on any atom is 0.272 e. The van der Waals surface area contributed by atoms with Gasteiger partial charge in [0, 0.05) is 25.0 Å². The lowest BCUT2D eigenvalue weighted by molar-refractivity contribution is -0.0668. The number of aromatic nitrogens is 1. The summed E-state index contributed by atoms with van der Waals surface area (Å²) in [5.41, 5.74) is 1.29. The lowest BCUT2D eigenvalue weighted by atomic mass is 10.1. The van der Waals surface area contributed by atoms with Gasteiger partial charge in [-0.15, -0.1) is 0 Å². The maximum atomic E-state index is 12.5. The molecule has 6 heteroatoms. The summed E-state index contributed by atoms with van der Waals surface area (Å²) in [6.45, 7) is 5.46. The standard InChI is InChI=1S/C14H21N3O3/c1-3-15-11-4-5-16-13(6-11)14(19)17-7-12(8-18)20-9-10(17)2/h4-6,10,12,18H,3,7-9H2,1-2H3,(H,15,16). The van der Waals surface area contributed by atoms with Crippen molar-refractivity contribution < 1.29 is 14.6 Å². The number of hydrogen-bond donors (Lipinski definition) is 2. The van der Waals surface area contributed by atoms with E-state index in [9.17, 15) is 9.90 Å². The van der Waals surface area contributed by atoms with Crippen LogP contribution in [0.1, 0.15) is 24.3 Å². The van der Waals surface area contributed by atoms with Crippen LogP contribution in [0.2, 0.25) is 0 Å². The SMILES string of the molecule is CCNc1ccnc(C(=O)N2CC(CO)OCC2C)c1. The quantitative estimate of drug-likeness (QED) is 0.850. The Bertz CT molecular complexity index is 467. The van der Waals surface area contributed by atoms with Crippen LogP contribution in [0.4, 0.5) is 5.69 Å². The molecular weight excluding hydrogens is 258 g/mol. The highest BCUT2D eigenvalue weighted by Crippen LogP contribution is 2.16. The van der Waals surface area contributed by atoms with Crippen molar-refractivity contribution in [2.45, 2.75) is 26.0 Å². The van der Waals surface area contributed by atoms with Gasteiger partial charge in [-0.2, -0.15) is 0 Å². The highest BCUT2D eigenvalue weighted by Gasteiger charge is 2.30. The van der Waals surface area contributed by atoms with E-state index in [1.54, 1.807) is 17.2 Å². The van der Waals surface area contributed by atoms with Crippen LogP contribution in [0.3, 0.4) is 0 Å². The summed E-state index contributed by atoms with van der Waals surface area (Å²) in [5.74, 6) is -0.126. The number of anilines is 1. The second kappa shape index (κ2) is 6.67. The topological polar surface area (TPSA) is 74.7 Å². The zero-order chi connectivity index (χ0) is 14.5. The molecule has 110 valence electrons. The number of amides is 1.